The molecule has 3 rings (SSSR count). The van der Waals surface area contributed by atoms with Crippen molar-refractivity contribution in [3.05, 3.63) is 28.2 Å². The number of nitrogens with zero attached hydrogens (tertiary/aromatic N) is 2. The first kappa shape index (κ1) is 21.8. The first-order valence-electron chi connectivity index (χ1n) is 9.41. The molecule has 0 bridgehead atoms. The maximum absolute atomic E-state index is 12.9. The quantitative estimate of drug-likeness (QED) is 0.716. The van der Waals surface area contributed by atoms with Crippen LogP contribution in [0.25, 0.3) is 0 Å². The molecular formula is C18H25Cl2N3O4S. The van der Waals surface area contributed by atoms with Crippen LogP contribution in [0.2, 0.25) is 10.0 Å². The lowest BCUT2D eigenvalue weighted by molar-refractivity contribution is -0.126. The van der Waals surface area contributed by atoms with Gasteiger partial charge in [0.1, 0.15) is 4.90 Å². The highest BCUT2D eigenvalue weighted by Crippen LogP contribution is 2.30. The number of hydrogen-bond acceptors (Lipinski definition) is 5. The average Bonchev–Trinajstić information content (AvgIpc) is 2.70. The Morgan fingerprint density at radius 3 is 2.50 bits per heavy atom. The second kappa shape index (κ2) is 9.73. The predicted molar refractivity (Wildman–Crippen MR) is 108 cm³/mol. The Balaban J connectivity index is 1.49. The molecule has 2 fully saturated rings. The minimum atomic E-state index is -3.73. The SMILES string of the molecule is O=C(NCCN1CCOCC1)C1CCN(S(=O)(=O)c2cc(Cl)ccc2Cl)CC1. The van der Waals surface area contributed by atoms with Gasteiger partial charge in [-0.15, -0.1) is 0 Å². The molecule has 0 unspecified atom stereocenters. The molecule has 0 spiro atoms. The standard InChI is InChI=1S/C18H25Cl2N3O4S/c19-15-1-2-16(20)17(13-15)28(25,26)23-6-3-14(4-7-23)18(24)21-5-8-22-9-11-27-12-10-22/h1-2,13-14H,3-12H2,(H,21,24). The first-order valence-corrected chi connectivity index (χ1v) is 11.6. The van der Waals surface area contributed by atoms with Crippen LogP contribution in [0.4, 0.5) is 0 Å². The summed E-state index contributed by atoms with van der Waals surface area (Å²) in [5.74, 6) is -0.183. The number of piperidine rings is 1. The number of sulfonamides is 1. The fraction of sp³-hybridized carbons (Fsp3) is 0.611. The number of hydrogen-bond donors (Lipinski definition) is 1. The molecule has 2 heterocycles. The van der Waals surface area contributed by atoms with Crippen LogP contribution in [0, 0.1) is 5.92 Å². The van der Waals surface area contributed by atoms with Gasteiger partial charge < -0.3 is 10.1 Å². The number of halogens is 2. The number of nitrogens with one attached hydrogen (secondary N) is 1. The molecule has 0 radical (unpaired) electrons. The van der Waals surface area contributed by atoms with E-state index in [4.69, 9.17) is 27.9 Å². The molecule has 1 aromatic rings. The van der Waals surface area contributed by atoms with Crippen LogP contribution < -0.4 is 5.32 Å². The Bertz CT molecular complexity index is 792. The van der Waals surface area contributed by atoms with Gasteiger partial charge >= 0.3 is 0 Å². The molecule has 0 saturated carbocycles. The topological polar surface area (TPSA) is 79.0 Å². The Morgan fingerprint density at radius 1 is 1.14 bits per heavy atom. The molecule has 0 aromatic heterocycles. The third kappa shape index (κ3) is 5.37. The van der Waals surface area contributed by atoms with Crippen molar-refractivity contribution in [3.8, 4) is 0 Å². The Labute approximate surface area is 176 Å². The van der Waals surface area contributed by atoms with Crippen LogP contribution in [0.5, 0.6) is 0 Å². The van der Waals surface area contributed by atoms with Gasteiger partial charge in [-0.25, -0.2) is 8.42 Å². The first-order chi connectivity index (χ1) is 13.4. The van der Waals surface area contributed by atoms with Crippen molar-refractivity contribution in [1.29, 1.82) is 0 Å². The van der Waals surface area contributed by atoms with Crippen LogP contribution in [-0.4, -0.2) is 76.0 Å². The minimum absolute atomic E-state index is 0.00825. The number of carbonyl (C=O) groups excluding carboxylic acids is 1. The van der Waals surface area contributed by atoms with E-state index in [-0.39, 0.29) is 34.8 Å². The van der Waals surface area contributed by atoms with Crippen molar-refractivity contribution in [2.45, 2.75) is 17.7 Å². The lowest BCUT2D eigenvalue weighted by Crippen LogP contribution is -2.45. The summed E-state index contributed by atoms with van der Waals surface area (Å²) >= 11 is 12.0. The second-order valence-electron chi connectivity index (χ2n) is 7.00. The zero-order valence-electron chi connectivity index (χ0n) is 15.6. The highest BCUT2D eigenvalue weighted by molar-refractivity contribution is 7.89. The molecule has 7 nitrogen and oxygen atoms in total. The van der Waals surface area contributed by atoms with Crippen LogP contribution >= 0.6 is 23.2 Å². The smallest absolute Gasteiger partial charge is 0.244 e. The average molecular weight is 450 g/mol. The molecule has 10 heteroatoms. The van der Waals surface area contributed by atoms with Crippen molar-refractivity contribution in [3.63, 3.8) is 0 Å². The van der Waals surface area contributed by atoms with Gasteiger partial charge in [0.25, 0.3) is 0 Å². The van der Waals surface area contributed by atoms with Crippen molar-refractivity contribution >= 4 is 39.1 Å². The van der Waals surface area contributed by atoms with Crippen LogP contribution in [0.3, 0.4) is 0 Å². The van der Waals surface area contributed by atoms with E-state index in [1.165, 1.54) is 16.4 Å². The number of carbonyl (C=O) groups is 1. The summed E-state index contributed by atoms with van der Waals surface area (Å²) in [4.78, 5) is 14.7. The van der Waals surface area contributed by atoms with Crippen molar-refractivity contribution in [2.75, 3.05) is 52.5 Å². The molecule has 1 N–H and O–H groups in total. The molecule has 156 valence electrons. The monoisotopic (exact) mass is 449 g/mol. The van der Waals surface area contributed by atoms with Gasteiger partial charge in [-0.1, -0.05) is 23.2 Å². The Morgan fingerprint density at radius 2 is 1.82 bits per heavy atom. The largest absolute Gasteiger partial charge is 0.379 e. The number of amides is 1. The minimum Gasteiger partial charge on any atom is -0.379 e. The van der Waals surface area contributed by atoms with Gasteiger partial charge in [0.15, 0.2) is 0 Å². The van der Waals surface area contributed by atoms with Gasteiger partial charge in [-0.2, -0.15) is 4.31 Å². The third-order valence-electron chi connectivity index (χ3n) is 5.17. The van der Waals surface area contributed by atoms with Crippen molar-refractivity contribution in [1.82, 2.24) is 14.5 Å². The number of benzene rings is 1. The molecule has 1 aromatic carbocycles. The van der Waals surface area contributed by atoms with Gasteiger partial charge in [-0.05, 0) is 31.0 Å². The molecule has 2 saturated heterocycles. The summed E-state index contributed by atoms with van der Waals surface area (Å²) < 4.78 is 32.4. The molecule has 0 atom stereocenters. The summed E-state index contributed by atoms with van der Waals surface area (Å²) in [5, 5.41) is 3.44. The highest BCUT2D eigenvalue weighted by atomic mass is 35.5. The Kier molecular flexibility index (Phi) is 7.58. The normalized spacial score (nSPS) is 20.2. The third-order valence-corrected chi connectivity index (χ3v) is 7.78. The van der Waals surface area contributed by atoms with Crippen LogP contribution in [0.1, 0.15) is 12.8 Å². The number of rotatable bonds is 6. The maximum Gasteiger partial charge on any atom is 0.244 e. The molecule has 2 aliphatic rings. The molecular weight excluding hydrogens is 425 g/mol. The lowest BCUT2D eigenvalue weighted by Gasteiger charge is -2.31. The van der Waals surface area contributed by atoms with Crippen LogP contribution in [0.15, 0.2) is 23.1 Å². The van der Waals surface area contributed by atoms with Crippen molar-refractivity contribution in [2.24, 2.45) is 5.92 Å². The zero-order chi connectivity index (χ0) is 20.1. The van der Waals surface area contributed by atoms with Gasteiger partial charge in [-0.3, -0.25) is 9.69 Å². The predicted octanol–water partition coefficient (Wildman–Crippen LogP) is 1.84. The summed E-state index contributed by atoms with van der Waals surface area (Å²) in [6.45, 7) is 5.20. The van der Waals surface area contributed by atoms with E-state index < -0.39 is 10.0 Å². The van der Waals surface area contributed by atoms with Gasteiger partial charge in [0.2, 0.25) is 15.9 Å². The van der Waals surface area contributed by atoms with Crippen LogP contribution in [-0.2, 0) is 19.6 Å². The van der Waals surface area contributed by atoms with Gasteiger partial charge in [0.05, 0.1) is 18.2 Å². The second-order valence-corrected chi connectivity index (χ2v) is 9.75. The fourth-order valence-corrected chi connectivity index (χ4v) is 5.69. The summed E-state index contributed by atoms with van der Waals surface area (Å²) in [6, 6.07) is 4.39. The van der Waals surface area contributed by atoms with E-state index in [0.717, 1.165) is 32.8 Å². The molecule has 28 heavy (non-hydrogen) atoms. The van der Waals surface area contributed by atoms with E-state index in [0.29, 0.717) is 24.4 Å². The fourth-order valence-electron chi connectivity index (χ4n) is 3.48. The van der Waals surface area contributed by atoms with E-state index in [1.807, 2.05) is 0 Å². The molecule has 1 amide bonds. The number of morpholine rings is 1. The highest BCUT2D eigenvalue weighted by Gasteiger charge is 2.33. The molecule has 2 aliphatic heterocycles. The number of ether oxygens (including phenoxy) is 1. The maximum atomic E-state index is 12.9. The summed E-state index contributed by atoms with van der Waals surface area (Å²) in [6.07, 6.45) is 0.974. The van der Waals surface area contributed by atoms with E-state index in [9.17, 15) is 13.2 Å². The zero-order valence-corrected chi connectivity index (χ0v) is 17.9. The van der Waals surface area contributed by atoms with E-state index in [1.54, 1.807) is 6.07 Å². The summed E-state index contributed by atoms with van der Waals surface area (Å²) in [7, 11) is -3.73. The van der Waals surface area contributed by atoms with Gasteiger partial charge in [0, 0.05) is 50.2 Å². The lowest BCUT2D eigenvalue weighted by atomic mass is 9.97. The summed E-state index contributed by atoms with van der Waals surface area (Å²) in [5.41, 5.74) is 0. The van der Waals surface area contributed by atoms with E-state index in [2.05, 4.69) is 10.2 Å². The molecule has 0 aliphatic carbocycles. The van der Waals surface area contributed by atoms with E-state index >= 15 is 0 Å². The van der Waals surface area contributed by atoms with Crippen molar-refractivity contribution < 1.29 is 17.9 Å². The Hall–Kier alpha value is -0.900.